The van der Waals surface area contributed by atoms with Crippen molar-refractivity contribution in [2.24, 2.45) is 0 Å². The van der Waals surface area contributed by atoms with Crippen LogP contribution < -0.4 is 9.64 Å². The van der Waals surface area contributed by atoms with Crippen LogP contribution in [0.2, 0.25) is 0 Å². The maximum Gasteiger partial charge on any atom is 0.573 e. The highest BCUT2D eigenvalue weighted by Crippen LogP contribution is 2.34. The molecule has 0 bridgehead atoms. The fourth-order valence-corrected chi connectivity index (χ4v) is 2.55. The molecule has 5 nitrogen and oxygen atoms in total. The Morgan fingerprint density at radius 3 is 2.27 bits per heavy atom. The van der Waals surface area contributed by atoms with Crippen LogP contribution in [0.5, 0.6) is 5.75 Å². The molecule has 0 unspecified atom stereocenters. The summed E-state index contributed by atoms with van der Waals surface area (Å²) in [4.78, 5) is 25.5. The van der Waals surface area contributed by atoms with Gasteiger partial charge < -0.3 is 9.84 Å². The van der Waals surface area contributed by atoms with Gasteiger partial charge in [-0.25, -0.2) is 4.90 Å². The van der Waals surface area contributed by atoms with E-state index in [9.17, 15) is 27.9 Å². The molecule has 1 N–H and O–H groups in total. The van der Waals surface area contributed by atoms with Gasteiger partial charge in [0, 0.05) is 6.07 Å². The summed E-state index contributed by atoms with van der Waals surface area (Å²) in [6, 6.07) is 11.0. The summed E-state index contributed by atoms with van der Waals surface area (Å²) in [5.74, 6) is -3.20. The first-order chi connectivity index (χ1) is 12.2. The van der Waals surface area contributed by atoms with Crippen molar-refractivity contribution in [3.63, 3.8) is 0 Å². The van der Waals surface area contributed by atoms with Crippen molar-refractivity contribution in [3.8, 4) is 5.75 Å². The molecule has 134 valence electrons. The highest BCUT2D eigenvalue weighted by atomic mass is 19.4. The minimum Gasteiger partial charge on any atom is -0.502 e. The van der Waals surface area contributed by atoms with Gasteiger partial charge in [0.15, 0.2) is 5.76 Å². The number of alkyl halides is 3. The van der Waals surface area contributed by atoms with Gasteiger partial charge in [0.1, 0.15) is 5.75 Å². The van der Waals surface area contributed by atoms with Crippen molar-refractivity contribution >= 4 is 23.1 Å². The van der Waals surface area contributed by atoms with E-state index in [1.807, 2.05) is 6.92 Å². The largest absolute Gasteiger partial charge is 0.573 e. The van der Waals surface area contributed by atoms with Crippen LogP contribution >= 0.6 is 0 Å². The normalized spacial score (nSPS) is 15.0. The lowest BCUT2D eigenvalue weighted by molar-refractivity contribution is -0.274. The lowest BCUT2D eigenvalue weighted by Gasteiger charge is -2.16. The van der Waals surface area contributed by atoms with Gasteiger partial charge in [-0.2, -0.15) is 0 Å². The van der Waals surface area contributed by atoms with Crippen LogP contribution in [0.15, 0.2) is 54.3 Å². The number of imide groups is 1. The van der Waals surface area contributed by atoms with E-state index in [2.05, 4.69) is 4.74 Å². The Labute approximate surface area is 145 Å². The van der Waals surface area contributed by atoms with Gasteiger partial charge in [-0.3, -0.25) is 9.59 Å². The van der Waals surface area contributed by atoms with Crippen LogP contribution in [-0.4, -0.2) is 23.3 Å². The van der Waals surface area contributed by atoms with Gasteiger partial charge in [0.2, 0.25) is 0 Å². The number of rotatable bonds is 3. The molecule has 3 rings (SSSR count). The number of benzene rings is 2. The number of aliphatic hydroxyl groups is 1. The van der Waals surface area contributed by atoms with E-state index < -0.39 is 29.7 Å². The van der Waals surface area contributed by atoms with Crippen LogP contribution in [0.3, 0.4) is 0 Å². The first-order valence-corrected chi connectivity index (χ1v) is 7.42. The maximum atomic E-state index is 12.6. The first kappa shape index (κ1) is 17.5. The van der Waals surface area contributed by atoms with Crippen LogP contribution in [0.4, 0.5) is 18.9 Å². The van der Waals surface area contributed by atoms with Crippen molar-refractivity contribution in [2.75, 3.05) is 4.90 Å². The third-order valence-electron chi connectivity index (χ3n) is 3.71. The zero-order valence-corrected chi connectivity index (χ0v) is 13.4. The fourth-order valence-electron chi connectivity index (χ4n) is 2.55. The molecule has 2 aromatic rings. The van der Waals surface area contributed by atoms with Crippen molar-refractivity contribution in [1.29, 1.82) is 0 Å². The third kappa shape index (κ3) is 3.26. The molecule has 26 heavy (non-hydrogen) atoms. The second kappa shape index (κ2) is 6.21. The van der Waals surface area contributed by atoms with Crippen LogP contribution in [0, 0.1) is 6.92 Å². The highest BCUT2D eigenvalue weighted by molar-refractivity contribution is 6.44. The monoisotopic (exact) mass is 363 g/mol. The third-order valence-corrected chi connectivity index (χ3v) is 3.71. The van der Waals surface area contributed by atoms with Crippen molar-refractivity contribution in [3.05, 3.63) is 65.4 Å². The van der Waals surface area contributed by atoms with E-state index in [4.69, 9.17) is 0 Å². The summed E-state index contributed by atoms with van der Waals surface area (Å²) < 4.78 is 40.9. The lowest BCUT2D eigenvalue weighted by Crippen LogP contribution is -2.31. The number of halogens is 3. The SMILES string of the molecule is Cc1ccc(C2=C(O)C(=O)N(c3cccc(OC(F)(F)F)c3)C2=O)cc1. The van der Waals surface area contributed by atoms with Crippen LogP contribution in [0.1, 0.15) is 11.1 Å². The van der Waals surface area contributed by atoms with Gasteiger partial charge >= 0.3 is 12.3 Å². The molecular formula is C18H12F3NO4. The topological polar surface area (TPSA) is 66.8 Å². The minimum atomic E-state index is -4.91. The van der Waals surface area contributed by atoms with E-state index in [0.717, 1.165) is 17.7 Å². The zero-order valence-electron chi connectivity index (χ0n) is 13.4. The van der Waals surface area contributed by atoms with E-state index in [0.29, 0.717) is 10.5 Å². The van der Waals surface area contributed by atoms with Gasteiger partial charge in [-0.15, -0.1) is 13.2 Å². The summed E-state index contributed by atoms with van der Waals surface area (Å²) in [5.41, 5.74) is 0.892. The molecule has 0 saturated carbocycles. The molecule has 1 heterocycles. The number of carbonyl (C=O) groups is 2. The number of aliphatic hydroxyl groups excluding tert-OH is 1. The molecule has 0 spiro atoms. The van der Waals surface area contributed by atoms with Gasteiger partial charge in [-0.1, -0.05) is 35.9 Å². The first-order valence-electron chi connectivity index (χ1n) is 7.42. The summed E-state index contributed by atoms with van der Waals surface area (Å²) >= 11 is 0. The standard InChI is InChI=1S/C18H12F3NO4/c1-10-5-7-11(8-6-10)14-15(23)17(25)22(16(14)24)12-3-2-4-13(9-12)26-18(19,20)21/h2-9,23H,1H3. The Hall–Kier alpha value is -3.29. The molecule has 0 fully saturated rings. The van der Waals surface area contributed by atoms with E-state index in [-0.39, 0.29) is 11.3 Å². The molecule has 1 aliphatic heterocycles. The number of hydrogen-bond donors (Lipinski definition) is 1. The predicted molar refractivity (Wildman–Crippen MR) is 86.3 cm³/mol. The molecule has 0 atom stereocenters. The average molecular weight is 363 g/mol. The number of ether oxygens (including phenoxy) is 1. The quantitative estimate of drug-likeness (QED) is 0.844. The minimum absolute atomic E-state index is 0.143. The number of anilines is 1. The van der Waals surface area contributed by atoms with E-state index in [1.165, 1.54) is 12.1 Å². The molecule has 0 aliphatic carbocycles. The number of amides is 2. The Morgan fingerprint density at radius 1 is 1.00 bits per heavy atom. The van der Waals surface area contributed by atoms with Crippen molar-refractivity contribution in [1.82, 2.24) is 0 Å². The van der Waals surface area contributed by atoms with Crippen molar-refractivity contribution in [2.45, 2.75) is 13.3 Å². The van der Waals surface area contributed by atoms with Crippen LogP contribution in [-0.2, 0) is 9.59 Å². The van der Waals surface area contributed by atoms with Crippen LogP contribution in [0.25, 0.3) is 5.57 Å². The zero-order chi connectivity index (χ0) is 19.1. The summed E-state index contributed by atoms with van der Waals surface area (Å²) in [7, 11) is 0. The van der Waals surface area contributed by atoms with Gasteiger partial charge in [0.25, 0.3) is 5.91 Å². The molecule has 0 radical (unpaired) electrons. The molecular weight excluding hydrogens is 351 g/mol. The maximum absolute atomic E-state index is 12.6. The number of carbonyl (C=O) groups excluding carboxylic acids is 2. The number of nitrogens with zero attached hydrogens (tertiary/aromatic N) is 1. The summed E-state index contributed by atoms with van der Waals surface area (Å²) in [6.07, 6.45) is -4.91. The molecule has 2 amide bonds. The Morgan fingerprint density at radius 2 is 1.65 bits per heavy atom. The molecule has 8 heteroatoms. The van der Waals surface area contributed by atoms with E-state index in [1.54, 1.807) is 24.3 Å². The molecule has 0 aromatic heterocycles. The fraction of sp³-hybridized carbons (Fsp3) is 0.111. The molecule has 0 saturated heterocycles. The lowest BCUT2D eigenvalue weighted by atomic mass is 10.0. The van der Waals surface area contributed by atoms with Gasteiger partial charge in [-0.05, 0) is 24.6 Å². The van der Waals surface area contributed by atoms with Gasteiger partial charge in [0.05, 0.1) is 11.3 Å². The summed E-state index contributed by atoms with van der Waals surface area (Å²) in [6.45, 7) is 1.83. The second-order valence-corrected chi connectivity index (χ2v) is 5.58. The smallest absolute Gasteiger partial charge is 0.502 e. The van der Waals surface area contributed by atoms with E-state index >= 15 is 0 Å². The Kier molecular flexibility index (Phi) is 4.19. The average Bonchev–Trinajstić information content (AvgIpc) is 2.77. The van der Waals surface area contributed by atoms with Crippen molar-refractivity contribution < 1.29 is 32.6 Å². The second-order valence-electron chi connectivity index (χ2n) is 5.58. The number of aryl methyl sites for hydroxylation is 1. The summed E-state index contributed by atoms with van der Waals surface area (Å²) in [5, 5.41) is 10.1. The molecule has 2 aromatic carbocycles. The predicted octanol–water partition coefficient (Wildman–Crippen LogP) is 3.74. The Bertz CT molecular complexity index is 917. The Balaban J connectivity index is 1.96. The highest BCUT2D eigenvalue weighted by Gasteiger charge is 2.40. The number of hydrogen-bond acceptors (Lipinski definition) is 4. The molecule has 1 aliphatic rings.